The van der Waals surface area contributed by atoms with E-state index in [0.717, 1.165) is 6.42 Å². The van der Waals surface area contributed by atoms with Crippen molar-refractivity contribution in [3.05, 3.63) is 64.7 Å². The fourth-order valence-electron chi connectivity index (χ4n) is 2.10. The summed E-state index contributed by atoms with van der Waals surface area (Å²) in [6.07, 6.45) is 0.724. The van der Waals surface area contributed by atoms with Crippen molar-refractivity contribution in [2.24, 2.45) is 0 Å². The van der Waals surface area contributed by atoms with E-state index in [0.29, 0.717) is 35.0 Å². The molecule has 0 aliphatic heterocycles. The van der Waals surface area contributed by atoms with Gasteiger partial charge in [-0.15, -0.1) is 0 Å². The van der Waals surface area contributed by atoms with Gasteiger partial charge in [0, 0.05) is 30.8 Å². The van der Waals surface area contributed by atoms with E-state index in [-0.39, 0.29) is 11.8 Å². The first kappa shape index (κ1) is 18.0. The monoisotopic (exact) mass is 346 g/mol. The third-order valence-corrected chi connectivity index (χ3v) is 3.59. The van der Waals surface area contributed by atoms with Gasteiger partial charge in [0.1, 0.15) is 0 Å². The molecule has 0 saturated heterocycles. The Morgan fingerprint density at radius 2 is 1.75 bits per heavy atom. The van der Waals surface area contributed by atoms with Crippen LogP contribution in [0.4, 0.5) is 5.69 Å². The fourth-order valence-corrected chi connectivity index (χ4v) is 2.23. The maximum Gasteiger partial charge on any atom is 0.255 e. The van der Waals surface area contributed by atoms with E-state index in [1.807, 2.05) is 0 Å². The Hall–Kier alpha value is -2.37. The van der Waals surface area contributed by atoms with Crippen LogP contribution < -0.4 is 10.6 Å². The number of hydrogen-bond acceptors (Lipinski definition) is 3. The summed E-state index contributed by atoms with van der Waals surface area (Å²) in [5, 5.41) is 6.13. The predicted molar refractivity (Wildman–Crippen MR) is 94.7 cm³/mol. The Morgan fingerprint density at radius 3 is 2.46 bits per heavy atom. The molecule has 0 heterocycles. The zero-order valence-electron chi connectivity index (χ0n) is 13.3. The Labute approximate surface area is 146 Å². The zero-order chi connectivity index (χ0) is 17.4. The summed E-state index contributed by atoms with van der Waals surface area (Å²) in [4.78, 5) is 24.6. The Kier molecular flexibility index (Phi) is 6.78. The Morgan fingerprint density at radius 1 is 1.04 bits per heavy atom. The summed E-state index contributed by atoms with van der Waals surface area (Å²) in [7, 11) is 1.61. The summed E-state index contributed by atoms with van der Waals surface area (Å²) in [5.74, 6) is -0.538. The van der Waals surface area contributed by atoms with Crippen molar-refractivity contribution in [3.63, 3.8) is 0 Å². The quantitative estimate of drug-likeness (QED) is 0.755. The molecule has 0 atom stereocenters. The molecule has 0 saturated carbocycles. The Bertz CT molecular complexity index is 702. The number of halogens is 1. The zero-order valence-corrected chi connectivity index (χ0v) is 14.1. The summed E-state index contributed by atoms with van der Waals surface area (Å²) < 4.78 is 4.95. The van der Waals surface area contributed by atoms with E-state index in [4.69, 9.17) is 16.3 Å². The average molecular weight is 347 g/mol. The van der Waals surface area contributed by atoms with Gasteiger partial charge in [-0.25, -0.2) is 0 Å². The number of hydrogen-bond donors (Lipinski definition) is 2. The second-order valence-corrected chi connectivity index (χ2v) is 5.55. The van der Waals surface area contributed by atoms with Crippen molar-refractivity contribution >= 4 is 29.1 Å². The van der Waals surface area contributed by atoms with E-state index < -0.39 is 0 Å². The van der Waals surface area contributed by atoms with Gasteiger partial charge in [-0.3, -0.25) is 9.59 Å². The molecular weight excluding hydrogens is 328 g/mol. The first-order valence-corrected chi connectivity index (χ1v) is 7.92. The minimum absolute atomic E-state index is 0.238. The van der Waals surface area contributed by atoms with Crippen LogP contribution in [0.2, 0.25) is 5.02 Å². The smallest absolute Gasteiger partial charge is 0.255 e. The maximum atomic E-state index is 12.3. The number of amides is 2. The van der Waals surface area contributed by atoms with Crippen LogP contribution in [-0.4, -0.2) is 32.1 Å². The molecule has 2 N–H and O–H groups in total. The molecule has 0 aliphatic rings. The van der Waals surface area contributed by atoms with Crippen molar-refractivity contribution in [2.75, 3.05) is 25.6 Å². The molecule has 0 unspecified atom stereocenters. The lowest BCUT2D eigenvalue weighted by molar-refractivity contribution is 0.0949. The molecule has 2 aromatic rings. The summed E-state index contributed by atoms with van der Waals surface area (Å²) in [6, 6.07) is 13.4. The van der Waals surface area contributed by atoms with Crippen LogP contribution in [0.15, 0.2) is 48.5 Å². The third-order valence-electron chi connectivity index (χ3n) is 3.34. The SMILES string of the molecule is COCCCNC(=O)c1ccccc1NC(=O)c1ccc(Cl)cc1. The lowest BCUT2D eigenvalue weighted by Gasteiger charge is -2.11. The molecule has 0 spiro atoms. The van der Waals surface area contributed by atoms with Gasteiger partial charge < -0.3 is 15.4 Å². The van der Waals surface area contributed by atoms with Crippen LogP contribution in [0.3, 0.4) is 0 Å². The van der Waals surface area contributed by atoms with Gasteiger partial charge in [-0.2, -0.15) is 0 Å². The predicted octanol–water partition coefficient (Wildman–Crippen LogP) is 3.36. The lowest BCUT2D eigenvalue weighted by Crippen LogP contribution is -2.26. The van der Waals surface area contributed by atoms with Crippen molar-refractivity contribution in [1.82, 2.24) is 5.32 Å². The maximum absolute atomic E-state index is 12.3. The van der Waals surface area contributed by atoms with Crippen molar-refractivity contribution < 1.29 is 14.3 Å². The van der Waals surface area contributed by atoms with E-state index in [1.54, 1.807) is 55.6 Å². The van der Waals surface area contributed by atoms with Gasteiger partial charge >= 0.3 is 0 Å². The highest BCUT2D eigenvalue weighted by atomic mass is 35.5. The summed E-state index contributed by atoms with van der Waals surface area (Å²) in [5.41, 5.74) is 1.34. The second kappa shape index (κ2) is 9.05. The first-order valence-electron chi connectivity index (χ1n) is 7.55. The highest BCUT2D eigenvalue weighted by Gasteiger charge is 2.13. The first-order chi connectivity index (χ1) is 11.6. The van der Waals surface area contributed by atoms with Crippen LogP contribution in [0, 0.1) is 0 Å². The molecule has 0 fully saturated rings. The number of nitrogens with one attached hydrogen (secondary N) is 2. The van der Waals surface area contributed by atoms with Gasteiger partial charge in [0.15, 0.2) is 0 Å². The van der Waals surface area contributed by atoms with Crippen LogP contribution >= 0.6 is 11.6 Å². The van der Waals surface area contributed by atoms with Gasteiger partial charge in [0.2, 0.25) is 0 Å². The standard InChI is InChI=1S/C18H19ClN2O3/c1-24-12-4-11-20-18(23)15-5-2-3-6-16(15)21-17(22)13-7-9-14(19)10-8-13/h2-3,5-10H,4,11-12H2,1H3,(H,20,23)(H,21,22). The topological polar surface area (TPSA) is 67.4 Å². The summed E-state index contributed by atoms with van der Waals surface area (Å²) >= 11 is 5.82. The molecule has 2 aromatic carbocycles. The number of anilines is 1. The largest absolute Gasteiger partial charge is 0.385 e. The number of para-hydroxylation sites is 1. The van der Waals surface area contributed by atoms with Crippen LogP contribution in [0.25, 0.3) is 0 Å². The van der Waals surface area contributed by atoms with Gasteiger partial charge in [0.05, 0.1) is 11.3 Å². The molecule has 0 aromatic heterocycles. The number of carbonyl (C=O) groups excluding carboxylic acids is 2. The van der Waals surface area contributed by atoms with E-state index >= 15 is 0 Å². The van der Waals surface area contributed by atoms with E-state index in [9.17, 15) is 9.59 Å². The molecule has 0 bridgehead atoms. The molecule has 0 radical (unpaired) electrons. The Balaban J connectivity index is 2.06. The average Bonchev–Trinajstić information content (AvgIpc) is 2.59. The molecule has 126 valence electrons. The van der Waals surface area contributed by atoms with Gasteiger partial charge in [0.25, 0.3) is 11.8 Å². The van der Waals surface area contributed by atoms with Crippen molar-refractivity contribution in [3.8, 4) is 0 Å². The third kappa shape index (κ3) is 5.08. The molecule has 5 nitrogen and oxygen atoms in total. The molecule has 24 heavy (non-hydrogen) atoms. The molecular formula is C18H19ClN2O3. The fraction of sp³-hybridized carbons (Fsp3) is 0.222. The molecule has 6 heteroatoms. The number of ether oxygens (including phenoxy) is 1. The number of methoxy groups -OCH3 is 1. The highest BCUT2D eigenvalue weighted by Crippen LogP contribution is 2.17. The summed E-state index contributed by atoms with van der Waals surface area (Å²) in [6.45, 7) is 1.08. The van der Waals surface area contributed by atoms with Crippen molar-refractivity contribution in [2.45, 2.75) is 6.42 Å². The normalized spacial score (nSPS) is 10.2. The van der Waals surface area contributed by atoms with E-state index in [2.05, 4.69) is 10.6 Å². The van der Waals surface area contributed by atoms with Crippen molar-refractivity contribution in [1.29, 1.82) is 0 Å². The number of rotatable bonds is 7. The van der Waals surface area contributed by atoms with Crippen LogP contribution in [0.1, 0.15) is 27.1 Å². The number of carbonyl (C=O) groups is 2. The minimum Gasteiger partial charge on any atom is -0.385 e. The second-order valence-electron chi connectivity index (χ2n) is 5.11. The van der Waals surface area contributed by atoms with E-state index in [1.165, 1.54) is 0 Å². The van der Waals surface area contributed by atoms with Gasteiger partial charge in [-0.05, 0) is 42.8 Å². The van der Waals surface area contributed by atoms with Crippen LogP contribution in [0.5, 0.6) is 0 Å². The van der Waals surface area contributed by atoms with Gasteiger partial charge in [-0.1, -0.05) is 23.7 Å². The van der Waals surface area contributed by atoms with Crippen LogP contribution in [-0.2, 0) is 4.74 Å². The minimum atomic E-state index is -0.300. The molecule has 0 aliphatic carbocycles. The lowest BCUT2D eigenvalue weighted by atomic mass is 10.1. The molecule has 2 amide bonds. The number of benzene rings is 2. The molecule has 2 rings (SSSR count). The highest BCUT2D eigenvalue weighted by molar-refractivity contribution is 6.30.